The second kappa shape index (κ2) is 11.8. The van der Waals surface area contributed by atoms with Crippen LogP contribution in [0.25, 0.3) is 6.08 Å². The van der Waals surface area contributed by atoms with Crippen LogP contribution in [0.2, 0.25) is 0 Å². The Hall–Kier alpha value is -3.22. The van der Waals surface area contributed by atoms with Crippen molar-refractivity contribution in [1.82, 2.24) is 0 Å². The summed E-state index contributed by atoms with van der Waals surface area (Å²) in [6.07, 6.45) is 4.23. The summed E-state index contributed by atoms with van der Waals surface area (Å²) in [5.41, 5.74) is 1.61. The maximum absolute atomic E-state index is 12.6. The number of carboxylic acids is 2. The minimum Gasteiger partial charge on any atom is -0.481 e. The van der Waals surface area contributed by atoms with Gasteiger partial charge in [0.15, 0.2) is 0 Å². The lowest BCUT2D eigenvalue weighted by Gasteiger charge is -2.30. The van der Waals surface area contributed by atoms with Crippen molar-refractivity contribution in [3.05, 3.63) is 52.7 Å². The van der Waals surface area contributed by atoms with Gasteiger partial charge in [-0.3, -0.25) is 9.79 Å². The number of ether oxygens (including phenoxy) is 1. The van der Waals surface area contributed by atoms with Crippen molar-refractivity contribution in [3.8, 4) is 0 Å². The molecule has 184 valence electrons. The number of carbonyl (C=O) groups is 3. The van der Waals surface area contributed by atoms with Gasteiger partial charge in [0.05, 0.1) is 5.57 Å². The van der Waals surface area contributed by atoms with E-state index in [1.54, 1.807) is 44.2 Å². The van der Waals surface area contributed by atoms with E-state index >= 15 is 0 Å². The first-order chi connectivity index (χ1) is 15.9. The summed E-state index contributed by atoms with van der Waals surface area (Å²) >= 11 is 0. The normalized spacial score (nSPS) is 18.7. The van der Waals surface area contributed by atoms with Crippen LogP contribution in [0.3, 0.4) is 0 Å². The molecule has 0 radical (unpaired) electrons. The zero-order chi connectivity index (χ0) is 25.6. The summed E-state index contributed by atoms with van der Waals surface area (Å²) in [5, 5.41) is 19.8. The molecule has 0 spiro atoms. The van der Waals surface area contributed by atoms with Crippen molar-refractivity contribution in [2.45, 2.75) is 66.4 Å². The minimum atomic E-state index is -1.21. The van der Waals surface area contributed by atoms with E-state index in [0.29, 0.717) is 28.7 Å². The highest BCUT2D eigenvalue weighted by atomic mass is 16.5. The molecule has 2 unspecified atom stereocenters. The zero-order valence-electron chi connectivity index (χ0n) is 20.7. The van der Waals surface area contributed by atoms with Gasteiger partial charge in [-0.05, 0) is 55.7 Å². The lowest BCUT2D eigenvalue weighted by Crippen LogP contribution is -2.35. The number of aliphatic imine (C=N–C) groups is 1. The molecule has 0 saturated carbocycles. The highest BCUT2D eigenvalue weighted by Gasteiger charge is 2.41. The number of benzene rings is 1. The van der Waals surface area contributed by atoms with Crippen molar-refractivity contribution in [3.63, 3.8) is 0 Å². The Kier molecular flexibility index (Phi) is 9.36. The van der Waals surface area contributed by atoms with Gasteiger partial charge in [0, 0.05) is 23.4 Å². The van der Waals surface area contributed by atoms with Gasteiger partial charge in [-0.25, -0.2) is 9.59 Å². The van der Waals surface area contributed by atoms with Gasteiger partial charge in [-0.15, -0.1) is 0 Å². The lowest BCUT2D eigenvalue weighted by atomic mass is 9.74. The van der Waals surface area contributed by atoms with Gasteiger partial charge < -0.3 is 14.9 Å². The largest absolute Gasteiger partial charge is 0.481 e. The Bertz CT molecular complexity index is 1010. The second-order valence-corrected chi connectivity index (χ2v) is 9.63. The molecule has 0 saturated heterocycles. The van der Waals surface area contributed by atoms with E-state index < -0.39 is 29.7 Å². The minimum absolute atomic E-state index is 0.0599. The highest BCUT2D eigenvalue weighted by Crippen LogP contribution is 2.40. The van der Waals surface area contributed by atoms with Crippen LogP contribution >= 0.6 is 0 Å². The maximum atomic E-state index is 12.6. The predicted octanol–water partition coefficient (Wildman–Crippen LogP) is 5.32. The van der Waals surface area contributed by atoms with Gasteiger partial charge in [0.25, 0.3) is 0 Å². The molecule has 7 nitrogen and oxygen atoms in total. The van der Waals surface area contributed by atoms with Gasteiger partial charge in [0.2, 0.25) is 0 Å². The first-order valence-electron chi connectivity index (χ1n) is 11.6. The van der Waals surface area contributed by atoms with E-state index in [9.17, 15) is 24.6 Å². The van der Waals surface area contributed by atoms with Crippen molar-refractivity contribution in [2.24, 2.45) is 22.7 Å². The first kappa shape index (κ1) is 27.0. The van der Waals surface area contributed by atoms with E-state index in [1.807, 2.05) is 0 Å². The summed E-state index contributed by atoms with van der Waals surface area (Å²) in [7, 11) is 0. The van der Waals surface area contributed by atoms with Crippen LogP contribution in [-0.4, -0.2) is 39.9 Å². The van der Waals surface area contributed by atoms with Crippen molar-refractivity contribution in [2.75, 3.05) is 0 Å². The first-order valence-corrected chi connectivity index (χ1v) is 11.6. The highest BCUT2D eigenvalue weighted by molar-refractivity contribution is 6.06. The molecular weight excluding hydrogens is 434 g/mol. The Morgan fingerprint density at radius 1 is 1.03 bits per heavy atom. The second-order valence-electron chi connectivity index (χ2n) is 9.63. The quantitative estimate of drug-likeness (QED) is 0.354. The third-order valence-corrected chi connectivity index (χ3v) is 5.81. The summed E-state index contributed by atoms with van der Waals surface area (Å²) in [6, 6.07) is 6.90. The molecule has 2 N–H and O–H groups in total. The number of allylic oxidation sites excluding steroid dienone is 1. The molecular formula is C27H35NO6. The Labute approximate surface area is 201 Å². The van der Waals surface area contributed by atoms with Crippen LogP contribution in [0.1, 0.15) is 71.4 Å². The van der Waals surface area contributed by atoms with Crippen molar-refractivity contribution >= 4 is 29.7 Å². The van der Waals surface area contributed by atoms with Gasteiger partial charge in [-0.1, -0.05) is 52.0 Å². The number of nitrogens with zero attached hydrogens (tertiary/aromatic N) is 1. The Balaban J connectivity index is 2.42. The standard InChI is InChI=1S/C27H35NO6/c1-15(2)13-20(14-16(3)4)34-22(29)12-11-19-9-7-8-10-21(19)25-23(26(30)31)17(5)28-18(6)24(25)27(32)33/h7-12,15-16,20,23,25H,13-14H2,1-6H3,(H,30,31)(H,32,33). The number of carboxylic acid groups (broad SMARTS) is 2. The number of aliphatic carboxylic acids is 2. The Morgan fingerprint density at radius 2 is 1.62 bits per heavy atom. The number of rotatable bonds is 10. The molecule has 0 amide bonds. The molecule has 0 bridgehead atoms. The summed E-state index contributed by atoms with van der Waals surface area (Å²) in [5.74, 6) is -4.15. The molecule has 1 heterocycles. The summed E-state index contributed by atoms with van der Waals surface area (Å²) in [6.45, 7) is 11.5. The monoisotopic (exact) mass is 469 g/mol. The van der Waals surface area contributed by atoms with Crippen LogP contribution in [0.15, 0.2) is 46.6 Å². The lowest BCUT2D eigenvalue weighted by molar-refractivity contribution is -0.144. The van der Waals surface area contributed by atoms with Crippen LogP contribution in [0.4, 0.5) is 0 Å². The average molecular weight is 470 g/mol. The van der Waals surface area contributed by atoms with Crippen molar-refractivity contribution < 1.29 is 29.3 Å². The zero-order valence-corrected chi connectivity index (χ0v) is 20.7. The predicted molar refractivity (Wildman–Crippen MR) is 132 cm³/mol. The summed E-state index contributed by atoms with van der Waals surface area (Å²) in [4.78, 5) is 41.0. The van der Waals surface area contributed by atoms with E-state index in [4.69, 9.17) is 4.74 Å². The third kappa shape index (κ3) is 6.89. The average Bonchev–Trinajstić information content (AvgIpc) is 2.70. The molecule has 7 heteroatoms. The molecule has 34 heavy (non-hydrogen) atoms. The molecule has 0 aromatic heterocycles. The number of esters is 1. The molecule has 2 atom stereocenters. The topological polar surface area (TPSA) is 113 Å². The SMILES string of the molecule is CC1=NC(C)=C(C(=O)O)C(c2ccccc2C=CC(=O)OC(CC(C)C)CC(C)C)C1C(=O)O. The van der Waals surface area contributed by atoms with Gasteiger partial charge in [-0.2, -0.15) is 0 Å². The van der Waals surface area contributed by atoms with E-state index in [0.717, 1.165) is 12.8 Å². The fourth-order valence-corrected chi connectivity index (χ4v) is 4.52. The Morgan fingerprint density at radius 3 is 2.15 bits per heavy atom. The van der Waals surface area contributed by atoms with Crippen LogP contribution in [0.5, 0.6) is 0 Å². The fourth-order valence-electron chi connectivity index (χ4n) is 4.52. The molecule has 2 rings (SSSR count). The third-order valence-electron chi connectivity index (χ3n) is 5.81. The number of hydrogen-bond acceptors (Lipinski definition) is 5. The molecule has 1 aliphatic rings. The van der Waals surface area contributed by atoms with Gasteiger partial charge in [0.1, 0.15) is 12.0 Å². The van der Waals surface area contributed by atoms with Crippen LogP contribution in [-0.2, 0) is 19.1 Å². The fraction of sp³-hybridized carbons (Fsp3) is 0.481. The number of hydrogen-bond donors (Lipinski definition) is 2. The van der Waals surface area contributed by atoms with E-state index in [2.05, 4.69) is 32.7 Å². The van der Waals surface area contributed by atoms with E-state index in [1.165, 1.54) is 6.08 Å². The molecule has 1 aliphatic heterocycles. The van der Waals surface area contributed by atoms with Gasteiger partial charge >= 0.3 is 17.9 Å². The smallest absolute Gasteiger partial charge is 0.334 e. The van der Waals surface area contributed by atoms with Crippen LogP contribution < -0.4 is 0 Å². The van der Waals surface area contributed by atoms with E-state index in [-0.39, 0.29) is 17.4 Å². The summed E-state index contributed by atoms with van der Waals surface area (Å²) < 4.78 is 5.69. The molecule has 1 aromatic carbocycles. The maximum Gasteiger partial charge on any atom is 0.334 e. The van der Waals surface area contributed by atoms with Crippen LogP contribution in [0, 0.1) is 17.8 Å². The number of carbonyl (C=O) groups excluding carboxylic acids is 1. The molecule has 0 aliphatic carbocycles. The molecule has 0 fully saturated rings. The van der Waals surface area contributed by atoms with Crippen molar-refractivity contribution in [1.29, 1.82) is 0 Å². The molecule has 1 aromatic rings.